The lowest BCUT2D eigenvalue weighted by atomic mass is 10.1. The maximum absolute atomic E-state index is 12.4. The number of amides is 1. The average Bonchev–Trinajstić information content (AvgIpc) is 3.14. The number of nitrogens with zero attached hydrogens (tertiary/aromatic N) is 3. The van der Waals surface area contributed by atoms with Crippen molar-refractivity contribution in [2.24, 2.45) is 0 Å². The summed E-state index contributed by atoms with van der Waals surface area (Å²) in [7, 11) is 0. The molecule has 7 heteroatoms. The van der Waals surface area contributed by atoms with E-state index in [-0.39, 0.29) is 11.7 Å². The van der Waals surface area contributed by atoms with Gasteiger partial charge in [-0.2, -0.15) is 0 Å². The van der Waals surface area contributed by atoms with Crippen LogP contribution in [0.4, 0.5) is 5.69 Å². The van der Waals surface area contributed by atoms with Gasteiger partial charge in [0.1, 0.15) is 12.4 Å². The number of aromatic nitrogens is 3. The fourth-order valence-corrected chi connectivity index (χ4v) is 3.72. The molecule has 0 radical (unpaired) electrons. The van der Waals surface area contributed by atoms with Crippen LogP contribution >= 0.6 is 11.8 Å². The predicted molar refractivity (Wildman–Crippen MR) is 116 cm³/mol. The maximum atomic E-state index is 12.4. The fourth-order valence-electron chi connectivity index (χ4n) is 2.90. The first kappa shape index (κ1) is 20.9. The Kier molecular flexibility index (Phi) is 7.30. The second-order valence-corrected chi connectivity index (χ2v) is 7.53. The number of carbonyl (C=O) groups is 1. The van der Waals surface area contributed by atoms with Crippen LogP contribution in [-0.4, -0.2) is 26.4 Å². The molecule has 0 atom stereocenters. The topological polar surface area (TPSA) is 69.0 Å². The summed E-state index contributed by atoms with van der Waals surface area (Å²) in [6.07, 6.45) is 0.873. The van der Waals surface area contributed by atoms with E-state index in [0.29, 0.717) is 18.3 Å². The first-order chi connectivity index (χ1) is 14.1. The Morgan fingerprint density at radius 3 is 2.59 bits per heavy atom. The van der Waals surface area contributed by atoms with Gasteiger partial charge in [-0.05, 0) is 44.0 Å². The van der Waals surface area contributed by atoms with Crippen LogP contribution in [0.1, 0.15) is 30.8 Å². The molecule has 3 rings (SSSR count). The summed E-state index contributed by atoms with van der Waals surface area (Å²) < 4.78 is 7.80. The quantitative estimate of drug-likeness (QED) is 0.527. The molecule has 0 aliphatic carbocycles. The summed E-state index contributed by atoms with van der Waals surface area (Å²) in [4.78, 5) is 12.4. The molecule has 0 unspecified atom stereocenters. The van der Waals surface area contributed by atoms with Crippen molar-refractivity contribution in [2.45, 2.75) is 45.5 Å². The van der Waals surface area contributed by atoms with E-state index in [9.17, 15) is 4.79 Å². The number of rotatable bonds is 9. The summed E-state index contributed by atoms with van der Waals surface area (Å²) in [5.74, 6) is 1.75. The van der Waals surface area contributed by atoms with Crippen LogP contribution in [0.15, 0.2) is 53.7 Å². The molecule has 1 heterocycles. The number of ether oxygens (including phenoxy) is 1. The third-order valence-electron chi connectivity index (χ3n) is 4.50. The van der Waals surface area contributed by atoms with Gasteiger partial charge < -0.3 is 14.6 Å². The Balaban J connectivity index is 1.58. The highest BCUT2D eigenvalue weighted by molar-refractivity contribution is 7.99. The van der Waals surface area contributed by atoms with E-state index in [1.165, 1.54) is 17.3 Å². The van der Waals surface area contributed by atoms with Gasteiger partial charge >= 0.3 is 0 Å². The molecule has 1 aromatic heterocycles. The summed E-state index contributed by atoms with van der Waals surface area (Å²) in [5, 5.41) is 12.2. The summed E-state index contributed by atoms with van der Waals surface area (Å²) in [6, 6.07) is 15.8. The largest absolute Gasteiger partial charge is 0.486 e. The van der Waals surface area contributed by atoms with Gasteiger partial charge in [0.05, 0.1) is 5.75 Å². The van der Waals surface area contributed by atoms with Crippen LogP contribution in [0.2, 0.25) is 0 Å². The van der Waals surface area contributed by atoms with Crippen LogP contribution in [0.25, 0.3) is 0 Å². The Morgan fingerprint density at radius 2 is 1.86 bits per heavy atom. The lowest BCUT2D eigenvalue weighted by Crippen LogP contribution is -2.16. The molecule has 0 aliphatic rings. The van der Waals surface area contributed by atoms with Gasteiger partial charge in [0.25, 0.3) is 0 Å². The number of hydrogen-bond donors (Lipinski definition) is 1. The number of thioether (sulfide) groups is 1. The second kappa shape index (κ2) is 10.1. The highest BCUT2D eigenvalue weighted by Crippen LogP contribution is 2.20. The van der Waals surface area contributed by atoms with E-state index in [4.69, 9.17) is 4.74 Å². The summed E-state index contributed by atoms with van der Waals surface area (Å²) in [5.41, 5.74) is 3.18. The molecule has 0 spiro atoms. The number of benzene rings is 2. The van der Waals surface area contributed by atoms with Gasteiger partial charge in [-0.3, -0.25) is 4.79 Å². The number of para-hydroxylation sites is 1. The molecule has 152 valence electrons. The number of hydrogen-bond acceptors (Lipinski definition) is 5. The third kappa shape index (κ3) is 5.60. The standard InChI is InChI=1S/C22H26N4O2S/c1-4-17-8-6-7-9-19(17)23-21(27)15-29-22-25-24-20(26(22)5-2)14-28-18-12-10-16(3)11-13-18/h6-13H,4-5,14-15H2,1-3H3,(H,23,27). The molecule has 0 saturated heterocycles. The highest BCUT2D eigenvalue weighted by Gasteiger charge is 2.14. The summed E-state index contributed by atoms with van der Waals surface area (Å²) in [6.45, 7) is 7.19. The van der Waals surface area contributed by atoms with Crippen molar-refractivity contribution in [3.63, 3.8) is 0 Å². The minimum atomic E-state index is -0.0565. The number of aryl methyl sites for hydroxylation is 2. The van der Waals surface area contributed by atoms with Crippen LogP contribution in [0.5, 0.6) is 5.75 Å². The van der Waals surface area contributed by atoms with Gasteiger partial charge in [-0.15, -0.1) is 10.2 Å². The molecule has 0 fully saturated rings. The van der Waals surface area contributed by atoms with Crippen molar-refractivity contribution >= 4 is 23.4 Å². The van der Waals surface area contributed by atoms with Gasteiger partial charge in [0, 0.05) is 12.2 Å². The molecule has 0 saturated carbocycles. The lowest BCUT2D eigenvalue weighted by molar-refractivity contribution is -0.113. The number of nitrogens with one attached hydrogen (secondary N) is 1. The van der Waals surface area contributed by atoms with E-state index < -0.39 is 0 Å². The lowest BCUT2D eigenvalue weighted by Gasteiger charge is -2.10. The van der Waals surface area contributed by atoms with Crippen molar-refractivity contribution in [1.82, 2.24) is 14.8 Å². The molecule has 0 bridgehead atoms. The van der Waals surface area contributed by atoms with Gasteiger partial charge in [0.15, 0.2) is 11.0 Å². The molecule has 3 aromatic rings. The first-order valence-corrected chi connectivity index (χ1v) is 10.7. The van der Waals surface area contributed by atoms with Crippen molar-refractivity contribution in [2.75, 3.05) is 11.1 Å². The average molecular weight is 411 g/mol. The zero-order valence-corrected chi connectivity index (χ0v) is 17.8. The minimum absolute atomic E-state index is 0.0565. The predicted octanol–water partition coefficient (Wildman–Crippen LogP) is 4.48. The Morgan fingerprint density at radius 1 is 1.10 bits per heavy atom. The van der Waals surface area contributed by atoms with Crippen molar-refractivity contribution in [3.8, 4) is 5.75 Å². The van der Waals surface area contributed by atoms with Crippen molar-refractivity contribution < 1.29 is 9.53 Å². The molecule has 1 N–H and O–H groups in total. The van der Waals surface area contributed by atoms with Gasteiger partial charge in [-0.25, -0.2) is 0 Å². The van der Waals surface area contributed by atoms with Crippen molar-refractivity contribution in [1.29, 1.82) is 0 Å². The van der Waals surface area contributed by atoms with E-state index in [1.54, 1.807) is 0 Å². The molecule has 0 aliphatic heterocycles. The maximum Gasteiger partial charge on any atom is 0.234 e. The van der Waals surface area contributed by atoms with E-state index in [1.807, 2.05) is 66.9 Å². The molecule has 29 heavy (non-hydrogen) atoms. The summed E-state index contributed by atoms with van der Waals surface area (Å²) >= 11 is 1.38. The monoisotopic (exact) mass is 410 g/mol. The van der Waals surface area contributed by atoms with Crippen LogP contribution in [0.3, 0.4) is 0 Å². The zero-order valence-electron chi connectivity index (χ0n) is 17.0. The third-order valence-corrected chi connectivity index (χ3v) is 5.47. The molecular formula is C22H26N4O2S. The molecule has 1 amide bonds. The number of carbonyl (C=O) groups excluding carboxylic acids is 1. The first-order valence-electron chi connectivity index (χ1n) is 9.72. The van der Waals surface area contributed by atoms with Gasteiger partial charge in [-0.1, -0.05) is 54.6 Å². The normalized spacial score (nSPS) is 10.7. The SMILES string of the molecule is CCc1ccccc1NC(=O)CSc1nnc(COc2ccc(C)cc2)n1CC. The van der Waals surface area contributed by atoms with Crippen LogP contribution < -0.4 is 10.1 Å². The smallest absolute Gasteiger partial charge is 0.234 e. The van der Waals surface area contributed by atoms with Gasteiger partial charge in [0.2, 0.25) is 5.91 Å². The zero-order chi connectivity index (χ0) is 20.6. The fraction of sp³-hybridized carbons (Fsp3) is 0.318. The molecular weight excluding hydrogens is 384 g/mol. The minimum Gasteiger partial charge on any atom is -0.486 e. The Bertz CT molecular complexity index is 954. The van der Waals surface area contributed by atoms with E-state index >= 15 is 0 Å². The Labute approximate surface area is 175 Å². The van der Waals surface area contributed by atoms with Crippen LogP contribution in [0, 0.1) is 6.92 Å². The molecule has 2 aromatic carbocycles. The second-order valence-electron chi connectivity index (χ2n) is 6.59. The van der Waals surface area contributed by atoms with Crippen molar-refractivity contribution in [3.05, 3.63) is 65.5 Å². The van der Waals surface area contributed by atoms with E-state index in [0.717, 1.165) is 29.2 Å². The number of anilines is 1. The van der Waals surface area contributed by atoms with E-state index in [2.05, 4.69) is 22.4 Å². The highest BCUT2D eigenvalue weighted by atomic mass is 32.2. The molecule has 6 nitrogen and oxygen atoms in total. The Hall–Kier alpha value is -2.80. The van der Waals surface area contributed by atoms with Crippen LogP contribution in [-0.2, 0) is 24.4 Å².